The van der Waals surface area contributed by atoms with Gasteiger partial charge in [-0.25, -0.2) is 0 Å². The summed E-state index contributed by atoms with van der Waals surface area (Å²) in [6, 6.07) is 1.97. The topological polar surface area (TPSA) is 37.2 Å². The summed E-state index contributed by atoms with van der Waals surface area (Å²) in [4.78, 5) is 0. The van der Waals surface area contributed by atoms with Crippen molar-refractivity contribution in [3.8, 4) is 0 Å². The van der Waals surface area contributed by atoms with Gasteiger partial charge in [-0.15, -0.1) is 0 Å². The van der Waals surface area contributed by atoms with Crippen molar-refractivity contribution in [1.29, 1.82) is 0 Å². The van der Waals surface area contributed by atoms with Crippen LogP contribution >= 0.6 is 15.9 Å². The molecule has 0 aliphatic carbocycles. The fourth-order valence-electron chi connectivity index (χ4n) is 1.15. The van der Waals surface area contributed by atoms with E-state index in [4.69, 9.17) is 4.42 Å². The molecule has 0 unspecified atom stereocenters. The van der Waals surface area contributed by atoms with Crippen molar-refractivity contribution in [1.82, 2.24) is 10.6 Å². The highest BCUT2D eigenvalue weighted by molar-refractivity contribution is 9.10. The van der Waals surface area contributed by atoms with Crippen LogP contribution in [0, 0.1) is 0 Å². The minimum absolute atomic E-state index is 0.825. The van der Waals surface area contributed by atoms with Crippen molar-refractivity contribution in [2.75, 3.05) is 19.6 Å². The van der Waals surface area contributed by atoms with Gasteiger partial charge < -0.3 is 15.1 Å². The Balaban J connectivity index is 2.02. The highest BCUT2D eigenvalue weighted by Gasteiger charge is 2.00. The Morgan fingerprint density at radius 3 is 2.71 bits per heavy atom. The molecule has 80 valence electrons. The molecule has 3 nitrogen and oxygen atoms in total. The second-order valence-electron chi connectivity index (χ2n) is 3.15. The van der Waals surface area contributed by atoms with Gasteiger partial charge in [-0.05, 0) is 35.0 Å². The fourth-order valence-corrected chi connectivity index (χ4v) is 1.53. The van der Waals surface area contributed by atoms with Crippen LogP contribution in [0.25, 0.3) is 0 Å². The number of halogens is 1. The maximum Gasteiger partial charge on any atom is 0.173 e. The molecule has 0 aromatic carbocycles. The van der Waals surface area contributed by atoms with Crippen LogP contribution in [0.4, 0.5) is 0 Å². The van der Waals surface area contributed by atoms with Crippen LogP contribution < -0.4 is 10.6 Å². The van der Waals surface area contributed by atoms with Gasteiger partial charge in [0.2, 0.25) is 0 Å². The fraction of sp³-hybridized carbons (Fsp3) is 0.600. The zero-order valence-electron chi connectivity index (χ0n) is 8.48. The van der Waals surface area contributed by atoms with Crippen molar-refractivity contribution in [3.05, 3.63) is 22.6 Å². The van der Waals surface area contributed by atoms with E-state index in [1.54, 1.807) is 6.26 Å². The van der Waals surface area contributed by atoms with Gasteiger partial charge in [0, 0.05) is 25.2 Å². The molecule has 0 aliphatic rings. The molecule has 1 aromatic rings. The monoisotopic (exact) mass is 260 g/mol. The summed E-state index contributed by atoms with van der Waals surface area (Å²) >= 11 is 3.34. The molecule has 0 spiro atoms. The van der Waals surface area contributed by atoms with Crippen LogP contribution in [0.2, 0.25) is 0 Å². The van der Waals surface area contributed by atoms with E-state index in [0.29, 0.717) is 0 Å². The van der Waals surface area contributed by atoms with Crippen molar-refractivity contribution in [3.63, 3.8) is 0 Å². The summed E-state index contributed by atoms with van der Waals surface area (Å²) in [5, 5.41) is 6.67. The van der Waals surface area contributed by atoms with Crippen LogP contribution in [0.15, 0.2) is 21.4 Å². The molecule has 2 N–H and O–H groups in total. The normalized spacial score (nSPS) is 10.7. The summed E-state index contributed by atoms with van der Waals surface area (Å²) in [5.41, 5.74) is 1.17. The highest BCUT2D eigenvalue weighted by Crippen LogP contribution is 2.16. The molecular formula is C10H17BrN2O. The Bertz CT molecular complexity index is 250. The summed E-state index contributed by atoms with van der Waals surface area (Å²) in [6.07, 6.45) is 2.88. The molecule has 0 bridgehead atoms. The van der Waals surface area contributed by atoms with E-state index in [1.165, 1.54) is 12.0 Å². The summed E-state index contributed by atoms with van der Waals surface area (Å²) in [7, 11) is 0. The lowest BCUT2D eigenvalue weighted by molar-refractivity contribution is 0.532. The molecule has 0 atom stereocenters. The van der Waals surface area contributed by atoms with Crippen molar-refractivity contribution in [2.24, 2.45) is 0 Å². The number of hydrogen-bond donors (Lipinski definition) is 2. The Morgan fingerprint density at radius 1 is 1.29 bits per heavy atom. The van der Waals surface area contributed by atoms with Crippen LogP contribution in [-0.2, 0) is 6.54 Å². The first-order valence-electron chi connectivity index (χ1n) is 4.98. The van der Waals surface area contributed by atoms with Crippen molar-refractivity contribution in [2.45, 2.75) is 19.9 Å². The molecule has 0 saturated heterocycles. The standard InChI is InChI=1S/C10H17BrN2O/c1-2-4-12-5-6-13-8-9-3-7-14-10(9)11/h3,7,12-13H,2,4-6,8H2,1H3. The SMILES string of the molecule is CCCNCCNCc1ccoc1Br. The Labute approximate surface area is 93.4 Å². The molecule has 0 fully saturated rings. The average Bonchev–Trinajstić information content (AvgIpc) is 2.58. The molecule has 4 heteroatoms. The third-order valence-electron chi connectivity index (χ3n) is 1.91. The lowest BCUT2D eigenvalue weighted by Crippen LogP contribution is -2.27. The van der Waals surface area contributed by atoms with Crippen molar-refractivity contribution < 1.29 is 4.42 Å². The van der Waals surface area contributed by atoms with E-state index in [9.17, 15) is 0 Å². The van der Waals surface area contributed by atoms with Gasteiger partial charge in [-0.3, -0.25) is 0 Å². The van der Waals surface area contributed by atoms with E-state index in [0.717, 1.165) is 30.8 Å². The molecule has 0 radical (unpaired) electrons. The molecule has 0 aliphatic heterocycles. The van der Waals surface area contributed by atoms with E-state index in [2.05, 4.69) is 33.5 Å². The predicted molar refractivity (Wildman–Crippen MR) is 61.3 cm³/mol. The third kappa shape index (κ3) is 4.26. The van der Waals surface area contributed by atoms with Gasteiger partial charge >= 0.3 is 0 Å². The molecule has 1 heterocycles. The average molecular weight is 261 g/mol. The summed E-state index contributed by atoms with van der Waals surface area (Å²) < 4.78 is 5.95. The maximum absolute atomic E-state index is 5.12. The lowest BCUT2D eigenvalue weighted by Gasteiger charge is -2.04. The third-order valence-corrected chi connectivity index (χ3v) is 2.61. The van der Waals surface area contributed by atoms with E-state index >= 15 is 0 Å². The number of nitrogens with one attached hydrogen (secondary N) is 2. The van der Waals surface area contributed by atoms with Crippen LogP contribution in [0.3, 0.4) is 0 Å². The first kappa shape index (κ1) is 11.8. The van der Waals surface area contributed by atoms with Gasteiger partial charge in [0.25, 0.3) is 0 Å². The zero-order chi connectivity index (χ0) is 10.2. The first-order valence-corrected chi connectivity index (χ1v) is 5.77. The second kappa shape index (κ2) is 7.04. The number of hydrogen-bond acceptors (Lipinski definition) is 3. The molecule has 1 rings (SSSR count). The molecular weight excluding hydrogens is 244 g/mol. The van der Waals surface area contributed by atoms with E-state index in [1.807, 2.05) is 6.07 Å². The molecule has 0 amide bonds. The van der Waals surface area contributed by atoms with Crippen LogP contribution in [0.5, 0.6) is 0 Å². The van der Waals surface area contributed by atoms with Crippen molar-refractivity contribution >= 4 is 15.9 Å². The maximum atomic E-state index is 5.12. The summed E-state index contributed by atoms with van der Waals surface area (Å²) in [5.74, 6) is 0. The lowest BCUT2D eigenvalue weighted by atomic mass is 10.3. The van der Waals surface area contributed by atoms with E-state index < -0.39 is 0 Å². The Kier molecular flexibility index (Phi) is 5.91. The Hall–Kier alpha value is -0.320. The van der Waals surface area contributed by atoms with Gasteiger partial charge in [-0.2, -0.15) is 0 Å². The number of rotatable bonds is 7. The minimum atomic E-state index is 0.825. The molecule has 1 aromatic heterocycles. The first-order chi connectivity index (χ1) is 6.84. The molecule has 0 saturated carbocycles. The van der Waals surface area contributed by atoms with Crippen LogP contribution in [-0.4, -0.2) is 19.6 Å². The van der Waals surface area contributed by atoms with Gasteiger partial charge in [-0.1, -0.05) is 6.92 Å². The van der Waals surface area contributed by atoms with Crippen LogP contribution in [0.1, 0.15) is 18.9 Å². The summed E-state index contributed by atoms with van der Waals surface area (Å²) in [6.45, 7) is 6.12. The second-order valence-corrected chi connectivity index (χ2v) is 3.87. The highest BCUT2D eigenvalue weighted by atomic mass is 79.9. The van der Waals surface area contributed by atoms with E-state index in [-0.39, 0.29) is 0 Å². The van der Waals surface area contributed by atoms with Gasteiger partial charge in [0.15, 0.2) is 4.67 Å². The largest absolute Gasteiger partial charge is 0.457 e. The molecule has 14 heavy (non-hydrogen) atoms. The van der Waals surface area contributed by atoms with Gasteiger partial charge in [0.05, 0.1) is 6.26 Å². The Morgan fingerprint density at radius 2 is 2.07 bits per heavy atom. The smallest absolute Gasteiger partial charge is 0.173 e. The minimum Gasteiger partial charge on any atom is -0.457 e. The predicted octanol–water partition coefficient (Wildman–Crippen LogP) is 2.13. The number of furan rings is 1. The quantitative estimate of drug-likeness (QED) is 0.738. The van der Waals surface area contributed by atoms with Gasteiger partial charge in [0.1, 0.15) is 0 Å². The zero-order valence-corrected chi connectivity index (χ0v) is 10.1.